The van der Waals surface area contributed by atoms with Gasteiger partial charge in [0.25, 0.3) is 0 Å². The number of amides is 1. The van der Waals surface area contributed by atoms with Gasteiger partial charge in [0, 0.05) is 12.1 Å². The average Bonchev–Trinajstić information content (AvgIpc) is 2.87. The van der Waals surface area contributed by atoms with Crippen LogP contribution in [0.5, 0.6) is 0 Å². The Morgan fingerprint density at radius 3 is 2.54 bits per heavy atom. The molecular weight excluding hydrogens is 164 g/mol. The summed E-state index contributed by atoms with van der Waals surface area (Å²) in [6.07, 6.45) is 3.37. The minimum absolute atomic E-state index is 0.0597. The molecule has 1 aliphatic carbocycles. The molecule has 1 saturated carbocycles. The standard InChI is InChI=1S/C10H20N2O/c1-4-7(2)11-8(3)10(13)12-9-5-6-9/h7-9,11H,4-6H2,1-3H3,(H,12,13). The molecule has 2 N–H and O–H groups in total. The van der Waals surface area contributed by atoms with Gasteiger partial charge in [-0.05, 0) is 33.1 Å². The second-order valence-electron chi connectivity index (χ2n) is 3.98. The fourth-order valence-electron chi connectivity index (χ4n) is 1.17. The van der Waals surface area contributed by atoms with Crippen molar-refractivity contribution in [1.29, 1.82) is 0 Å². The van der Waals surface area contributed by atoms with Gasteiger partial charge in [0.2, 0.25) is 5.91 Å². The van der Waals surface area contributed by atoms with Crippen molar-refractivity contribution in [2.24, 2.45) is 0 Å². The van der Waals surface area contributed by atoms with E-state index < -0.39 is 0 Å². The van der Waals surface area contributed by atoms with E-state index in [1.54, 1.807) is 0 Å². The highest BCUT2D eigenvalue weighted by Gasteiger charge is 2.25. The number of carbonyl (C=O) groups excluding carboxylic acids is 1. The zero-order chi connectivity index (χ0) is 9.84. The number of nitrogens with one attached hydrogen (secondary N) is 2. The number of hydrogen-bond donors (Lipinski definition) is 2. The van der Waals surface area contributed by atoms with E-state index in [9.17, 15) is 4.79 Å². The lowest BCUT2D eigenvalue weighted by molar-refractivity contribution is -0.123. The lowest BCUT2D eigenvalue weighted by Gasteiger charge is -2.18. The van der Waals surface area contributed by atoms with Crippen LogP contribution in [0.3, 0.4) is 0 Å². The smallest absolute Gasteiger partial charge is 0.237 e. The van der Waals surface area contributed by atoms with Gasteiger partial charge in [0.15, 0.2) is 0 Å². The summed E-state index contributed by atoms with van der Waals surface area (Å²) in [5.74, 6) is 0.141. The number of carbonyl (C=O) groups is 1. The molecule has 0 aromatic rings. The van der Waals surface area contributed by atoms with E-state index in [1.807, 2.05) is 6.92 Å². The Labute approximate surface area is 80.3 Å². The molecule has 1 amide bonds. The minimum Gasteiger partial charge on any atom is -0.352 e. The SMILES string of the molecule is CCC(C)NC(C)C(=O)NC1CC1. The van der Waals surface area contributed by atoms with Crippen molar-refractivity contribution >= 4 is 5.91 Å². The first kappa shape index (κ1) is 10.5. The van der Waals surface area contributed by atoms with Gasteiger partial charge in [0.05, 0.1) is 6.04 Å². The predicted octanol–water partition coefficient (Wildman–Crippen LogP) is 1.04. The summed E-state index contributed by atoms with van der Waals surface area (Å²) in [6.45, 7) is 6.13. The molecule has 2 atom stereocenters. The predicted molar refractivity (Wildman–Crippen MR) is 53.5 cm³/mol. The van der Waals surface area contributed by atoms with E-state index in [4.69, 9.17) is 0 Å². The van der Waals surface area contributed by atoms with Crippen molar-refractivity contribution in [3.63, 3.8) is 0 Å². The van der Waals surface area contributed by atoms with Crippen LogP contribution in [0.15, 0.2) is 0 Å². The normalized spacial score (nSPS) is 20.8. The van der Waals surface area contributed by atoms with Gasteiger partial charge < -0.3 is 10.6 Å². The highest BCUT2D eigenvalue weighted by molar-refractivity contribution is 5.81. The van der Waals surface area contributed by atoms with Gasteiger partial charge in [-0.1, -0.05) is 6.92 Å². The largest absolute Gasteiger partial charge is 0.352 e. The highest BCUT2D eigenvalue weighted by atomic mass is 16.2. The molecule has 3 nitrogen and oxygen atoms in total. The van der Waals surface area contributed by atoms with Crippen LogP contribution in [0.25, 0.3) is 0 Å². The average molecular weight is 184 g/mol. The van der Waals surface area contributed by atoms with Gasteiger partial charge in [-0.2, -0.15) is 0 Å². The third-order valence-electron chi connectivity index (χ3n) is 2.46. The molecule has 0 bridgehead atoms. The third-order valence-corrected chi connectivity index (χ3v) is 2.46. The maximum atomic E-state index is 11.5. The summed E-state index contributed by atoms with van der Waals surface area (Å²) in [6, 6.07) is 0.823. The molecular formula is C10H20N2O. The lowest BCUT2D eigenvalue weighted by atomic mass is 10.2. The van der Waals surface area contributed by atoms with Crippen molar-refractivity contribution in [2.75, 3.05) is 0 Å². The quantitative estimate of drug-likeness (QED) is 0.670. The second kappa shape index (κ2) is 4.61. The molecule has 0 aromatic heterocycles. The Kier molecular flexibility index (Phi) is 3.72. The number of rotatable bonds is 5. The van der Waals surface area contributed by atoms with Gasteiger partial charge in [-0.3, -0.25) is 4.79 Å². The summed E-state index contributed by atoms with van der Waals surface area (Å²) >= 11 is 0. The molecule has 0 radical (unpaired) electrons. The maximum Gasteiger partial charge on any atom is 0.237 e. The van der Waals surface area contributed by atoms with E-state index in [0.717, 1.165) is 19.3 Å². The van der Waals surface area contributed by atoms with Crippen molar-refractivity contribution in [2.45, 2.75) is 58.2 Å². The molecule has 0 aromatic carbocycles. The first-order valence-corrected chi connectivity index (χ1v) is 5.20. The highest BCUT2D eigenvalue weighted by Crippen LogP contribution is 2.18. The molecule has 0 spiro atoms. The summed E-state index contributed by atoms with van der Waals surface area (Å²) in [7, 11) is 0. The van der Waals surface area contributed by atoms with E-state index in [2.05, 4.69) is 24.5 Å². The van der Waals surface area contributed by atoms with Crippen molar-refractivity contribution in [3.05, 3.63) is 0 Å². The molecule has 3 heteroatoms. The lowest BCUT2D eigenvalue weighted by Crippen LogP contribution is -2.46. The zero-order valence-electron chi connectivity index (χ0n) is 8.76. The Morgan fingerprint density at radius 2 is 2.08 bits per heavy atom. The molecule has 0 aliphatic heterocycles. The van der Waals surface area contributed by atoms with Crippen LogP contribution in [0.2, 0.25) is 0 Å². The van der Waals surface area contributed by atoms with E-state index >= 15 is 0 Å². The summed E-state index contributed by atoms with van der Waals surface area (Å²) < 4.78 is 0. The van der Waals surface area contributed by atoms with E-state index in [1.165, 1.54) is 0 Å². The van der Waals surface area contributed by atoms with E-state index in [-0.39, 0.29) is 11.9 Å². The molecule has 0 saturated heterocycles. The minimum atomic E-state index is -0.0597. The molecule has 0 heterocycles. The first-order chi connectivity index (χ1) is 6.13. The maximum absolute atomic E-state index is 11.5. The van der Waals surface area contributed by atoms with Crippen LogP contribution in [0, 0.1) is 0 Å². The summed E-state index contributed by atoms with van der Waals surface area (Å²) in [5, 5.41) is 6.23. The Balaban J connectivity index is 2.19. The summed E-state index contributed by atoms with van der Waals surface area (Å²) in [4.78, 5) is 11.5. The molecule has 2 unspecified atom stereocenters. The molecule has 1 rings (SSSR count). The second-order valence-corrected chi connectivity index (χ2v) is 3.98. The van der Waals surface area contributed by atoms with Crippen LogP contribution in [-0.2, 0) is 4.79 Å². The molecule has 76 valence electrons. The van der Waals surface area contributed by atoms with E-state index in [0.29, 0.717) is 12.1 Å². The van der Waals surface area contributed by atoms with Crippen LogP contribution in [0.1, 0.15) is 40.0 Å². The first-order valence-electron chi connectivity index (χ1n) is 5.20. The summed E-state index contributed by atoms with van der Waals surface area (Å²) in [5.41, 5.74) is 0. The third kappa shape index (κ3) is 3.77. The van der Waals surface area contributed by atoms with Crippen LogP contribution >= 0.6 is 0 Å². The van der Waals surface area contributed by atoms with Gasteiger partial charge in [0.1, 0.15) is 0 Å². The van der Waals surface area contributed by atoms with Crippen LogP contribution < -0.4 is 10.6 Å². The Bertz CT molecular complexity index is 178. The zero-order valence-corrected chi connectivity index (χ0v) is 8.76. The fourth-order valence-corrected chi connectivity index (χ4v) is 1.17. The van der Waals surface area contributed by atoms with Gasteiger partial charge >= 0.3 is 0 Å². The van der Waals surface area contributed by atoms with Crippen molar-refractivity contribution in [1.82, 2.24) is 10.6 Å². The molecule has 13 heavy (non-hydrogen) atoms. The Morgan fingerprint density at radius 1 is 1.46 bits per heavy atom. The van der Waals surface area contributed by atoms with Crippen molar-refractivity contribution < 1.29 is 4.79 Å². The van der Waals surface area contributed by atoms with Crippen molar-refractivity contribution in [3.8, 4) is 0 Å². The number of hydrogen-bond acceptors (Lipinski definition) is 2. The van der Waals surface area contributed by atoms with Crippen LogP contribution in [0.4, 0.5) is 0 Å². The molecule has 1 fully saturated rings. The van der Waals surface area contributed by atoms with Gasteiger partial charge in [-0.15, -0.1) is 0 Å². The topological polar surface area (TPSA) is 41.1 Å². The monoisotopic (exact) mass is 184 g/mol. The van der Waals surface area contributed by atoms with Gasteiger partial charge in [-0.25, -0.2) is 0 Å². The van der Waals surface area contributed by atoms with Crippen LogP contribution in [-0.4, -0.2) is 24.0 Å². The Hall–Kier alpha value is -0.570. The fraction of sp³-hybridized carbons (Fsp3) is 0.900. The molecule has 1 aliphatic rings.